The molecular formula is C13H13FN2O. The van der Waals surface area contributed by atoms with Gasteiger partial charge in [-0.2, -0.15) is 0 Å². The van der Waals surface area contributed by atoms with Gasteiger partial charge in [0.05, 0.1) is 0 Å². The lowest BCUT2D eigenvalue weighted by Gasteiger charge is -2.13. The van der Waals surface area contributed by atoms with E-state index < -0.39 is 6.10 Å². The van der Waals surface area contributed by atoms with Crippen LogP contribution < -0.4 is 5.73 Å². The summed E-state index contributed by atoms with van der Waals surface area (Å²) in [6.45, 7) is 1.77. The first-order valence-electron chi connectivity index (χ1n) is 5.22. The quantitative estimate of drug-likeness (QED) is 0.834. The molecule has 0 aliphatic rings. The maximum atomic E-state index is 13.2. The Hall–Kier alpha value is -1.94. The maximum Gasteiger partial charge on any atom is 0.123 e. The molecule has 0 spiro atoms. The summed E-state index contributed by atoms with van der Waals surface area (Å²) in [5, 5.41) is 10.1. The van der Waals surface area contributed by atoms with Gasteiger partial charge >= 0.3 is 0 Å². The minimum Gasteiger partial charge on any atom is -0.398 e. The molecule has 1 heterocycles. The molecule has 2 rings (SSSR count). The maximum absolute atomic E-state index is 13.2. The van der Waals surface area contributed by atoms with Crippen LogP contribution in [-0.4, -0.2) is 10.1 Å². The Bertz CT molecular complexity index is 522. The average Bonchev–Trinajstić information content (AvgIpc) is 2.27. The molecule has 0 fully saturated rings. The van der Waals surface area contributed by atoms with Gasteiger partial charge in [0.25, 0.3) is 0 Å². The Balaban J connectivity index is 2.43. The number of aliphatic hydroxyl groups is 1. The van der Waals surface area contributed by atoms with Crippen LogP contribution in [0.1, 0.15) is 22.8 Å². The summed E-state index contributed by atoms with van der Waals surface area (Å²) in [4.78, 5) is 3.90. The number of aliphatic hydroxyl groups excluding tert-OH is 1. The fourth-order valence-corrected chi connectivity index (χ4v) is 1.75. The number of anilines is 1. The molecule has 0 saturated carbocycles. The molecule has 1 aromatic carbocycles. The number of aryl methyl sites for hydroxylation is 1. The molecule has 3 N–H and O–H groups in total. The van der Waals surface area contributed by atoms with Gasteiger partial charge in [0, 0.05) is 23.6 Å². The molecule has 17 heavy (non-hydrogen) atoms. The highest BCUT2D eigenvalue weighted by molar-refractivity contribution is 5.48. The smallest absolute Gasteiger partial charge is 0.123 e. The fourth-order valence-electron chi connectivity index (χ4n) is 1.75. The fraction of sp³-hybridized carbons (Fsp3) is 0.154. The monoisotopic (exact) mass is 232 g/mol. The van der Waals surface area contributed by atoms with Crippen molar-refractivity contribution in [3.8, 4) is 0 Å². The van der Waals surface area contributed by atoms with Crippen LogP contribution in [0, 0.1) is 12.7 Å². The molecule has 2 aromatic rings. The molecule has 0 radical (unpaired) electrons. The van der Waals surface area contributed by atoms with Gasteiger partial charge in [0.1, 0.15) is 11.9 Å². The highest BCUT2D eigenvalue weighted by atomic mass is 19.1. The van der Waals surface area contributed by atoms with Crippen LogP contribution in [0.5, 0.6) is 0 Å². The van der Waals surface area contributed by atoms with E-state index in [0.717, 1.165) is 5.56 Å². The van der Waals surface area contributed by atoms with Gasteiger partial charge < -0.3 is 10.8 Å². The van der Waals surface area contributed by atoms with Crippen LogP contribution in [0.3, 0.4) is 0 Å². The molecule has 3 nitrogen and oxygen atoms in total. The van der Waals surface area contributed by atoms with E-state index in [-0.39, 0.29) is 5.82 Å². The number of nitrogen functional groups attached to an aromatic ring is 1. The van der Waals surface area contributed by atoms with E-state index in [2.05, 4.69) is 4.98 Å². The first-order valence-corrected chi connectivity index (χ1v) is 5.22. The van der Waals surface area contributed by atoms with Crippen molar-refractivity contribution in [2.75, 3.05) is 5.73 Å². The van der Waals surface area contributed by atoms with Crippen LogP contribution in [0.4, 0.5) is 10.1 Å². The summed E-state index contributed by atoms with van der Waals surface area (Å²) in [6.07, 6.45) is 2.07. The zero-order valence-electron chi connectivity index (χ0n) is 9.39. The van der Waals surface area contributed by atoms with E-state index in [1.807, 2.05) is 0 Å². The Morgan fingerprint density at radius 3 is 2.76 bits per heavy atom. The highest BCUT2D eigenvalue weighted by Crippen LogP contribution is 2.26. The van der Waals surface area contributed by atoms with E-state index in [9.17, 15) is 9.50 Å². The van der Waals surface area contributed by atoms with Gasteiger partial charge in [0.2, 0.25) is 0 Å². The number of hydrogen-bond acceptors (Lipinski definition) is 3. The Morgan fingerprint density at radius 1 is 1.35 bits per heavy atom. The Labute approximate surface area is 98.7 Å². The zero-order chi connectivity index (χ0) is 12.4. The van der Waals surface area contributed by atoms with Crippen molar-refractivity contribution in [2.24, 2.45) is 0 Å². The SMILES string of the molecule is Cc1cc(F)cc(C(O)c2cnccc2N)c1. The third kappa shape index (κ3) is 2.42. The van der Waals surface area contributed by atoms with Crippen molar-refractivity contribution in [3.63, 3.8) is 0 Å². The number of pyridine rings is 1. The molecule has 4 heteroatoms. The average molecular weight is 232 g/mol. The van der Waals surface area contributed by atoms with E-state index in [1.54, 1.807) is 25.3 Å². The molecule has 0 amide bonds. The third-order valence-corrected chi connectivity index (χ3v) is 2.56. The van der Waals surface area contributed by atoms with Crippen LogP contribution in [0.15, 0.2) is 36.7 Å². The van der Waals surface area contributed by atoms with Crippen molar-refractivity contribution in [2.45, 2.75) is 13.0 Å². The molecule has 0 aliphatic carbocycles. The van der Waals surface area contributed by atoms with Crippen molar-refractivity contribution in [3.05, 3.63) is 59.2 Å². The molecule has 1 atom stereocenters. The predicted octanol–water partition coefficient (Wildman–Crippen LogP) is 2.19. The Morgan fingerprint density at radius 2 is 2.12 bits per heavy atom. The minimum absolute atomic E-state index is 0.374. The summed E-state index contributed by atoms with van der Waals surface area (Å²) in [6, 6.07) is 6.03. The van der Waals surface area contributed by atoms with Crippen LogP contribution in [0.25, 0.3) is 0 Å². The van der Waals surface area contributed by atoms with Gasteiger partial charge in [-0.1, -0.05) is 6.07 Å². The van der Waals surface area contributed by atoms with E-state index in [1.165, 1.54) is 18.3 Å². The first kappa shape index (κ1) is 11.5. The summed E-state index contributed by atoms with van der Waals surface area (Å²) in [5.41, 5.74) is 7.89. The molecule has 88 valence electrons. The number of benzene rings is 1. The molecular weight excluding hydrogens is 219 g/mol. The number of aromatic nitrogens is 1. The number of nitrogens with zero attached hydrogens (tertiary/aromatic N) is 1. The molecule has 0 aliphatic heterocycles. The van der Waals surface area contributed by atoms with Gasteiger partial charge in [-0.15, -0.1) is 0 Å². The molecule has 0 bridgehead atoms. The standard InChI is InChI=1S/C13H13FN2O/c1-8-4-9(6-10(14)5-8)13(17)11-7-16-3-2-12(11)15/h2-7,13,17H,1H3,(H2,15,16). The number of halogens is 1. The van der Waals surface area contributed by atoms with E-state index in [0.29, 0.717) is 16.8 Å². The van der Waals surface area contributed by atoms with Crippen molar-refractivity contribution in [1.82, 2.24) is 4.98 Å². The van der Waals surface area contributed by atoms with Gasteiger partial charge in [-0.25, -0.2) is 4.39 Å². The summed E-state index contributed by atoms with van der Waals surface area (Å²) in [7, 11) is 0. The number of rotatable bonds is 2. The predicted molar refractivity (Wildman–Crippen MR) is 63.8 cm³/mol. The molecule has 0 saturated heterocycles. The van der Waals surface area contributed by atoms with Gasteiger partial charge in [-0.3, -0.25) is 4.98 Å². The largest absolute Gasteiger partial charge is 0.398 e. The van der Waals surface area contributed by atoms with E-state index >= 15 is 0 Å². The van der Waals surface area contributed by atoms with Crippen LogP contribution in [-0.2, 0) is 0 Å². The van der Waals surface area contributed by atoms with Gasteiger partial charge in [-0.05, 0) is 36.2 Å². The Kier molecular flexibility index (Phi) is 3.06. The van der Waals surface area contributed by atoms with Crippen LogP contribution in [0.2, 0.25) is 0 Å². The number of nitrogens with two attached hydrogens (primary N) is 1. The van der Waals surface area contributed by atoms with Crippen molar-refractivity contribution >= 4 is 5.69 Å². The summed E-state index contributed by atoms with van der Waals surface area (Å²) in [5.74, 6) is -0.374. The molecule has 1 aromatic heterocycles. The normalized spacial score (nSPS) is 12.4. The zero-order valence-corrected chi connectivity index (χ0v) is 9.39. The van der Waals surface area contributed by atoms with Crippen molar-refractivity contribution < 1.29 is 9.50 Å². The molecule has 1 unspecified atom stereocenters. The second-order valence-electron chi connectivity index (χ2n) is 3.97. The van der Waals surface area contributed by atoms with Crippen molar-refractivity contribution in [1.29, 1.82) is 0 Å². The topological polar surface area (TPSA) is 59.1 Å². The number of hydrogen-bond donors (Lipinski definition) is 2. The van der Waals surface area contributed by atoms with E-state index in [4.69, 9.17) is 5.73 Å². The second-order valence-corrected chi connectivity index (χ2v) is 3.97. The van der Waals surface area contributed by atoms with Crippen LogP contribution >= 0.6 is 0 Å². The minimum atomic E-state index is -0.960. The lowest BCUT2D eigenvalue weighted by Crippen LogP contribution is -2.05. The lowest BCUT2D eigenvalue weighted by atomic mass is 10.00. The van der Waals surface area contributed by atoms with Gasteiger partial charge in [0.15, 0.2) is 0 Å². The first-order chi connectivity index (χ1) is 8.08. The third-order valence-electron chi connectivity index (χ3n) is 2.56. The summed E-state index contributed by atoms with van der Waals surface area (Å²) >= 11 is 0. The lowest BCUT2D eigenvalue weighted by molar-refractivity contribution is 0.220. The summed E-state index contributed by atoms with van der Waals surface area (Å²) < 4.78 is 13.2. The second kappa shape index (κ2) is 4.51. The highest BCUT2D eigenvalue weighted by Gasteiger charge is 2.14.